The van der Waals surface area contributed by atoms with E-state index >= 15 is 0 Å². The van der Waals surface area contributed by atoms with Gasteiger partial charge in [-0.25, -0.2) is 4.79 Å². The van der Waals surface area contributed by atoms with Gasteiger partial charge in [0, 0.05) is 29.2 Å². The molecule has 0 saturated heterocycles. The molecule has 2 aromatic rings. The Morgan fingerprint density at radius 1 is 1.20 bits per heavy atom. The van der Waals surface area contributed by atoms with Gasteiger partial charge in [0.05, 0.1) is 29.1 Å². The van der Waals surface area contributed by atoms with Crippen LogP contribution >= 0.6 is 12.2 Å². The third-order valence-corrected chi connectivity index (χ3v) is 7.65. The molecule has 0 aliphatic heterocycles. The molecule has 12 heteroatoms. The van der Waals surface area contributed by atoms with Gasteiger partial charge in [-0.15, -0.1) is 0 Å². The Morgan fingerprint density at radius 2 is 1.93 bits per heavy atom. The summed E-state index contributed by atoms with van der Waals surface area (Å²) in [6, 6.07) is 3.18. The molecule has 1 aliphatic carbocycles. The average molecular weight is 663 g/mol. The van der Waals surface area contributed by atoms with Crippen molar-refractivity contribution in [3.63, 3.8) is 0 Å². The van der Waals surface area contributed by atoms with E-state index in [9.17, 15) is 42.9 Å². The highest BCUT2D eigenvalue weighted by Crippen LogP contribution is 2.33. The maximum atomic E-state index is 13.5. The Hall–Kier alpha value is -4.03. The number of carbonyl (C=O) groups is 2. The van der Waals surface area contributed by atoms with Crippen molar-refractivity contribution in [1.82, 2.24) is 0 Å². The molecule has 1 aromatic carbocycles. The highest BCUT2D eigenvalue weighted by Gasteiger charge is 2.32. The zero-order chi connectivity index (χ0) is 34.0. The van der Waals surface area contributed by atoms with Crippen LogP contribution in [0.15, 0.2) is 45.6 Å². The number of carboxylic acids is 1. The first kappa shape index (κ1) is 36.4. The third kappa shape index (κ3) is 9.73. The number of ketones is 1. The van der Waals surface area contributed by atoms with Crippen molar-refractivity contribution in [2.24, 2.45) is 0 Å². The molecule has 0 unspecified atom stereocenters. The second kappa shape index (κ2) is 16.5. The minimum atomic E-state index is -4.44. The Bertz CT molecular complexity index is 1690. The summed E-state index contributed by atoms with van der Waals surface area (Å²) in [6.07, 6.45) is 3.93. The van der Waals surface area contributed by atoms with Crippen LogP contribution in [0.4, 0.5) is 13.2 Å². The molecule has 8 nitrogen and oxygen atoms in total. The third-order valence-electron chi connectivity index (χ3n) is 7.37. The van der Waals surface area contributed by atoms with Crippen molar-refractivity contribution >= 4 is 41.0 Å². The smallest absolute Gasteiger partial charge is 0.389 e. The monoisotopic (exact) mass is 662 g/mol. The maximum Gasteiger partial charge on any atom is 0.389 e. The lowest BCUT2D eigenvalue weighted by Gasteiger charge is -2.21. The van der Waals surface area contributed by atoms with Crippen LogP contribution in [0.25, 0.3) is 12.2 Å². The summed E-state index contributed by atoms with van der Waals surface area (Å²) in [5.41, 5.74) is -0.278. The number of hydrogen-bond acceptors (Lipinski definition) is 8. The molecular formula is C34H37F3O8S. The first-order valence-electron chi connectivity index (χ1n) is 15.0. The SMILES string of the molecule is CCCc1c(OCCC/C=C\C=C\[C@@H](c2c(C(=O)O)oc3c(c2=O)=CCC(=S)C=3)[C@H](O)CCCC(F)(F)F)ccc(C(C)=O)c1O. The molecule has 2 atom stereocenters. The Morgan fingerprint density at radius 3 is 2.59 bits per heavy atom. The van der Waals surface area contributed by atoms with Crippen LogP contribution in [0.1, 0.15) is 96.8 Å². The zero-order valence-electron chi connectivity index (χ0n) is 25.6. The van der Waals surface area contributed by atoms with Crippen LogP contribution in [0.5, 0.6) is 11.5 Å². The molecule has 3 N–H and O–H groups in total. The summed E-state index contributed by atoms with van der Waals surface area (Å²) in [5, 5.41) is 31.4. The number of aliphatic hydroxyl groups is 1. The molecule has 1 aromatic heterocycles. The van der Waals surface area contributed by atoms with Crippen LogP contribution in [0.2, 0.25) is 0 Å². The number of benzene rings is 1. The van der Waals surface area contributed by atoms with Crippen LogP contribution in [-0.2, 0) is 6.42 Å². The second-order valence-electron chi connectivity index (χ2n) is 10.9. The van der Waals surface area contributed by atoms with E-state index in [1.165, 1.54) is 37.3 Å². The summed E-state index contributed by atoms with van der Waals surface area (Å²) in [5.74, 6) is -3.38. The number of Topliss-reactive ketones (excluding diaryl/α,β-unsaturated/α-hetero) is 1. The van der Waals surface area contributed by atoms with E-state index in [0.29, 0.717) is 42.0 Å². The number of thiocarbonyl (C=S) groups is 1. The van der Waals surface area contributed by atoms with Crippen molar-refractivity contribution in [2.45, 2.75) is 83.4 Å². The fourth-order valence-corrected chi connectivity index (χ4v) is 5.32. The molecule has 1 aliphatic rings. The number of carbonyl (C=O) groups excluding carboxylic acids is 1. The van der Waals surface area contributed by atoms with Gasteiger partial charge < -0.3 is 24.5 Å². The van der Waals surface area contributed by atoms with Gasteiger partial charge in [-0.1, -0.05) is 55.9 Å². The Balaban J connectivity index is 1.78. The van der Waals surface area contributed by atoms with Crippen molar-refractivity contribution < 1.29 is 47.2 Å². The number of rotatable bonds is 16. The molecule has 0 amide bonds. The standard InChI is InChI=1S/C34H37F3O8S/c1-3-10-24-27(16-15-22(20(2)38)30(24)40)44-18-8-6-4-5-7-11-23(26(39)12-9-17-34(35,36)37)29-31(41)25-14-13-21(46)19-28(25)45-32(29)33(42)43/h4-5,7,11,14-16,19,23,26,39-40H,3,6,8-10,12-13,17-18H2,1-2H3,(H,42,43)/b5-4-,11-7+/t23-,26-/m1/s1. The van der Waals surface area contributed by atoms with Crippen molar-refractivity contribution in [2.75, 3.05) is 6.61 Å². The molecule has 248 valence electrons. The molecule has 0 radical (unpaired) electrons. The largest absolute Gasteiger partial charge is 0.507 e. The van der Waals surface area contributed by atoms with Crippen molar-refractivity contribution in [3.8, 4) is 11.5 Å². The van der Waals surface area contributed by atoms with Gasteiger partial charge >= 0.3 is 12.1 Å². The normalized spacial score (nSPS) is 14.5. The highest BCUT2D eigenvalue weighted by molar-refractivity contribution is 7.81. The van der Waals surface area contributed by atoms with Crippen LogP contribution in [-0.4, -0.2) is 50.8 Å². The number of carboxylic acid groups (broad SMARTS) is 1. The fraction of sp³-hybridized carbons (Fsp3) is 0.412. The lowest BCUT2D eigenvalue weighted by atomic mass is 9.88. The minimum Gasteiger partial charge on any atom is -0.507 e. The number of fused-ring (bicyclic) bond motifs is 1. The van der Waals surface area contributed by atoms with Crippen molar-refractivity contribution in [1.29, 1.82) is 0 Å². The van der Waals surface area contributed by atoms with E-state index in [2.05, 4.69) is 0 Å². The average Bonchev–Trinajstić information content (AvgIpc) is 2.97. The number of alkyl halides is 3. The lowest BCUT2D eigenvalue weighted by Crippen LogP contribution is -2.45. The summed E-state index contributed by atoms with van der Waals surface area (Å²) in [4.78, 5) is 37.8. The van der Waals surface area contributed by atoms with Crippen LogP contribution in [0, 0.1) is 0 Å². The number of allylic oxidation sites excluding steroid dienone is 3. The molecule has 0 spiro atoms. The van der Waals surface area contributed by atoms with E-state index in [1.807, 2.05) is 6.92 Å². The number of halogens is 3. The zero-order valence-corrected chi connectivity index (χ0v) is 26.4. The lowest BCUT2D eigenvalue weighted by molar-refractivity contribution is -0.136. The van der Waals surface area contributed by atoms with Gasteiger partial charge in [0.1, 0.15) is 16.9 Å². The Kier molecular flexibility index (Phi) is 13.1. The predicted molar refractivity (Wildman–Crippen MR) is 171 cm³/mol. The van der Waals surface area contributed by atoms with E-state index < -0.39 is 48.2 Å². The second-order valence-corrected chi connectivity index (χ2v) is 11.4. The first-order valence-corrected chi connectivity index (χ1v) is 15.4. The maximum absolute atomic E-state index is 13.5. The Labute approximate surface area is 269 Å². The molecule has 0 bridgehead atoms. The topological polar surface area (TPSA) is 134 Å². The summed E-state index contributed by atoms with van der Waals surface area (Å²) < 4.78 is 49.7. The quantitative estimate of drug-likeness (QED) is 0.0898. The molecule has 1 heterocycles. The molecule has 0 saturated carbocycles. The van der Waals surface area contributed by atoms with E-state index in [4.69, 9.17) is 21.4 Å². The number of ether oxygens (including phenoxy) is 1. The van der Waals surface area contributed by atoms with E-state index in [1.54, 1.807) is 18.2 Å². The summed E-state index contributed by atoms with van der Waals surface area (Å²) >= 11 is 5.13. The molecular weight excluding hydrogens is 625 g/mol. The summed E-state index contributed by atoms with van der Waals surface area (Å²) in [6.45, 7) is 3.63. The predicted octanol–water partition coefficient (Wildman–Crippen LogP) is 5.68. The summed E-state index contributed by atoms with van der Waals surface area (Å²) in [7, 11) is 0. The van der Waals surface area contributed by atoms with E-state index in [0.717, 1.165) is 6.42 Å². The fourth-order valence-electron chi connectivity index (χ4n) is 5.13. The highest BCUT2D eigenvalue weighted by atomic mass is 32.1. The van der Waals surface area contributed by atoms with E-state index in [-0.39, 0.29) is 46.1 Å². The first-order chi connectivity index (χ1) is 21.7. The number of aromatic carboxylic acids is 1. The van der Waals surface area contributed by atoms with Gasteiger partial charge in [0.25, 0.3) is 0 Å². The van der Waals surface area contributed by atoms with Gasteiger partial charge in [-0.2, -0.15) is 13.2 Å². The number of hydrogen-bond donors (Lipinski definition) is 3. The van der Waals surface area contributed by atoms with Gasteiger partial charge in [-0.05, 0) is 57.2 Å². The molecule has 0 fully saturated rings. The van der Waals surface area contributed by atoms with Gasteiger partial charge in [0.2, 0.25) is 5.76 Å². The number of unbranched alkanes of at least 4 members (excludes halogenated alkanes) is 1. The number of aliphatic hydroxyl groups excluding tert-OH is 1. The number of phenolic OH excluding ortho intramolecular Hbond substituents is 1. The van der Waals surface area contributed by atoms with Crippen molar-refractivity contribution in [3.05, 3.63) is 79.7 Å². The van der Waals surface area contributed by atoms with Crippen LogP contribution < -0.4 is 20.8 Å². The number of phenols is 1. The van der Waals surface area contributed by atoms with Gasteiger partial charge in [-0.3, -0.25) is 9.59 Å². The van der Waals surface area contributed by atoms with Crippen LogP contribution in [0.3, 0.4) is 0 Å². The van der Waals surface area contributed by atoms with Gasteiger partial charge in [0.15, 0.2) is 11.2 Å². The minimum absolute atomic E-state index is 0.0226. The molecule has 3 rings (SSSR count). The number of aromatic hydroxyl groups is 1. The molecule has 46 heavy (non-hydrogen) atoms.